The van der Waals surface area contributed by atoms with Gasteiger partial charge in [-0.1, -0.05) is 24.3 Å². The number of para-hydroxylation sites is 1. The summed E-state index contributed by atoms with van der Waals surface area (Å²) >= 11 is 0. The van der Waals surface area contributed by atoms with Crippen LogP contribution in [0.1, 0.15) is 19.4 Å². The molecule has 1 rings (SSSR count). The van der Waals surface area contributed by atoms with Crippen molar-refractivity contribution in [3.8, 4) is 0 Å². The molecule has 14 heavy (non-hydrogen) atoms. The first-order chi connectivity index (χ1) is 6.79. The largest absolute Gasteiger partial charge is 0.398 e. The SMILES string of the molecule is C/C=C(/COCC)c1ccccc1N. The van der Waals surface area contributed by atoms with Gasteiger partial charge in [0.2, 0.25) is 0 Å². The number of ether oxygens (including phenoxy) is 1. The van der Waals surface area contributed by atoms with Gasteiger partial charge in [0.1, 0.15) is 0 Å². The number of allylic oxidation sites excluding steroid dienone is 1. The lowest BCUT2D eigenvalue weighted by Gasteiger charge is -2.09. The van der Waals surface area contributed by atoms with Gasteiger partial charge in [-0.3, -0.25) is 0 Å². The zero-order valence-electron chi connectivity index (χ0n) is 8.79. The molecule has 0 unspecified atom stereocenters. The molecule has 0 fully saturated rings. The average molecular weight is 191 g/mol. The molecule has 0 spiro atoms. The number of rotatable bonds is 4. The molecular weight excluding hydrogens is 174 g/mol. The molecule has 0 atom stereocenters. The van der Waals surface area contributed by atoms with E-state index in [1.165, 1.54) is 0 Å². The van der Waals surface area contributed by atoms with Crippen LogP contribution >= 0.6 is 0 Å². The van der Waals surface area contributed by atoms with E-state index in [9.17, 15) is 0 Å². The number of nitrogens with two attached hydrogens (primary N) is 1. The summed E-state index contributed by atoms with van der Waals surface area (Å²) in [4.78, 5) is 0. The molecule has 0 heterocycles. The van der Waals surface area contributed by atoms with E-state index < -0.39 is 0 Å². The van der Waals surface area contributed by atoms with Gasteiger partial charge < -0.3 is 10.5 Å². The van der Waals surface area contributed by atoms with Crippen molar-refractivity contribution in [1.29, 1.82) is 0 Å². The number of nitrogen functional groups attached to an aromatic ring is 1. The molecule has 76 valence electrons. The van der Waals surface area contributed by atoms with Crippen LogP contribution < -0.4 is 5.73 Å². The third-order valence-corrected chi connectivity index (χ3v) is 2.12. The zero-order valence-corrected chi connectivity index (χ0v) is 8.79. The maximum absolute atomic E-state index is 5.87. The molecule has 1 aromatic carbocycles. The molecule has 0 aliphatic rings. The van der Waals surface area contributed by atoms with Crippen LogP contribution in [0.5, 0.6) is 0 Å². The number of hydrogen-bond donors (Lipinski definition) is 1. The third-order valence-electron chi connectivity index (χ3n) is 2.12. The molecular formula is C12H17NO. The van der Waals surface area contributed by atoms with E-state index in [1.807, 2.05) is 44.2 Å². The Bertz CT molecular complexity index is 318. The molecule has 0 aromatic heterocycles. The predicted molar refractivity (Wildman–Crippen MR) is 61.0 cm³/mol. The first kappa shape index (κ1) is 10.8. The van der Waals surface area contributed by atoms with Crippen LogP contribution in [-0.2, 0) is 4.74 Å². The van der Waals surface area contributed by atoms with Gasteiger partial charge in [-0.05, 0) is 25.5 Å². The van der Waals surface area contributed by atoms with E-state index in [4.69, 9.17) is 10.5 Å². The topological polar surface area (TPSA) is 35.2 Å². The van der Waals surface area contributed by atoms with Gasteiger partial charge in [-0.2, -0.15) is 0 Å². The zero-order chi connectivity index (χ0) is 10.4. The van der Waals surface area contributed by atoms with Crippen LogP contribution in [-0.4, -0.2) is 13.2 Å². The van der Waals surface area contributed by atoms with Gasteiger partial charge >= 0.3 is 0 Å². The summed E-state index contributed by atoms with van der Waals surface area (Å²) in [6.45, 7) is 5.34. The maximum Gasteiger partial charge on any atom is 0.0720 e. The molecule has 0 amide bonds. The lowest BCUT2D eigenvalue weighted by atomic mass is 10.0. The number of hydrogen-bond acceptors (Lipinski definition) is 2. The summed E-state index contributed by atoms with van der Waals surface area (Å²) in [5.41, 5.74) is 8.89. The molecule has 2 nitrogen and oxygen atoms in total. The number of benzene rings is 1. The highest BCUT2D eigenvalue weighted by Gasteiger charge is 2.03. The lowest BCUT2D eigenvalue weighted by molar-refractivity contribution is 0.182. The van der Waals surface area contributed by atoms with Crippen molar-refractivity contribution in [3.05, 3.63) is 35.9 Å². The Hall–Kier alpha value is -1.28. The minimum absolute atomic E-state index is 0.626. The van der Waals surface area contributed by atoms with E-state index in [0.29, 0.717) is 6.61 Å². The Kier molecular flexibility index (Phi) is 4.20. The van der Waals surface area contributed by atoms with Crippen LogP contribution in [0.15, 0.2) is 30.3 Å². The van der Waals surface area contributed by atoms with Crippen molar-refractivity contribution < 1.29 is 4.74 Å². The normalized spacial score (nSPS) is 11.7. The fourth-order valence-corrected chi connectivity index (χ4v) is 1.32. The van der Waals surface area contributed by atoms with E-state index in [0.717, 1.165) is 23.4 Å². The fourth-order valence-electron chi connectivity index (χ4n) is 1.32. The Morgan fingerprint density at radius 2 is 2.14 bits per heavy atom. The van der Waals surface area contributed by atoms with Crippen molar-refractivity contribution in [2.45, 2.75) is 13.8 Å². The van der Waals surface area contributed by atoms with Crippen molar-refractivity contribution in [3.63, 3.8) is 0 Å². The molecule has 0 saturated carbocycles. The summed E-state index contributed by atoms with van der Waals surface area (Å²) in [5.74, 6) is 0. The number of anilines is 1. The van der Waals surface area contributed by atoms with Crippen molar-refractivity contribution in [2.75, 3.05) is 18.9 Å². The second-order valence-corrected chi connectivity index (χ2v) is 3.04. The van der Waals surface area contributed by atoms with Crippen molar-refractivity contribution in [1.82, 2.24) is 0 Å². The lowest BCUT2D eigenvalue weighted by Crippen LogP contribution is -2.00. The van der Waals surface area contributed by atoms with E-state index in [1.54, 1.807) is 0 Å². The highest BCUT2D eigenvalue weighted by molar-refractivity contribution is 5.75. The van der Waals surface area contributed by atoms with Gasteiger partial charge in [-0.25, -0.2) is 0 Å². The Morgan fingerprint density at radius 3 is 2.71 bits per heavy atom. The Morgan fingerprint density at radius 1 is 1.43 bits per heavy atom. The smallest absolute Gasteiger partial charge is 0.0720 e. The summed E-state index contributed by atoms with van der Waals surface area (Å²) in [5, 5.41) is 0. The second kappa shape index (κ2) is 5.45. The minimum atomic E-state index is 0.626. The molecule has 0 aliphatic heterocycles. The van der Waals surface area contributed by atoms with Crippen LogP contribution in [0.2, 0.25) is 0 Å². The van der Waals surface area contributed by atoms with Gasteiger partial charge in [0, 0.05) is 17.9 Å². The van der Waals surface area contributed by atoms with Crippen molar-refractivity contribution >= 4 is 11.3 Å². The van der Waals surface area contributed by atoms with E-state index in [2.05, 4.69) is 0 Å². The molecule has 2 heteroatoms. The van der Waals surface area contributed by atoms with Crippen LogP contribution in [0.4, 0.5) is 5.69 Å². The van der Waals surface area contributed by atoms with Crippen LogP contribution in [0.3, 0.4) is 0 Å². The van der Waals surface area contributed by atoms with Crippen molar-refractivity contribution in [2.24, 2.45) is 0 Å². The quantitative estimate of drug-likeness (QED) is 0.743. The molecule has 0 saturated heterocycles. The summed E-state index contributed by atoms with van der Waals surface area (Å²) in [7, 11) is 0. The highest BCUT2D eigenvalue weighted by Crippen LogP contribution is 2.21. The highest BCUT2D eigenvalue weighted by atomic mass is 16.5. The first-order valence-electron chi connectivity index (χ1n) is 4.87. The average Bonchev–Trinajstić information content (AvgIpc) is 2.21. The molecule has 1 aromatic rings. The minimum Gasteiger partial charge on any atom is -0.398 e. The monoisotopic (exact) mass is 191 g/mol. The first-order valence-corrected chi connectivity index (χ1v) is 4.87. The Balaban J connectivity index is 2.85. The molecule has 0 bridgehead atoms. The molecule has 0 aliphatic carbocycles. The van der Waals surface area contributed by atoms with Crippen LogP contribution in [0.25, 0.3) is 5.57 Å². The van der Waals surface area contributed by atoms with Gasteiger partial charge in [0.05, 0.1) is 6.61 Å². The Labute approximate surface area is 85.4 Å². The van der Waals surface area contributed by atoms with E-state index in [-0.39, 0.29) is 0 Å². The van der Waals surface area contributed by atoms with E-state index >= 15 is 0 Å². The standard InChI is InChI=1S/C12H17NO/c1-3-10(9-14-4-2)11-7-5-6-8-12(11)13/h3,5-8H,4,9,13H2,1-2H3/b10-3-. The van der Waals surface area contributed by atoms with Gasteiger partial charge in [0.25, 0.3) is 0 Å². The summed E-state index contributed by atoms with van der Waals surface area (Å²) in [6, 6.07) is 7.85. The van der Waals surface area contributed by atoms with Gasteiger partial charge in [0.15, 0.2) is 0 Å². The predicted octanol–water partition coefficient (Wildman–Crippen LogP) is 2.71. The fraction of sp³-hybridized carbons (Fsp3) is 0.333. The van der Waals surface area contributed by atoms with Crippen LogP contribution in [0, 0.1) is 0 Å². The second-order valence-electron chi connectivity index (χ2n) is 3.04. The summed E-state index contributed by atoms with van der Waals surface area (Å²) < 4.78 is 5.37. The maximum atomic E-state index is 5.87. The molecule has 2 N–H and O–H groups in total. The molecule has 0 radical (unpaired) electrons. The third kappa shape index (κ3) is 2.60. The van der Waals surface area contributed by atoms with Gasteiger partial charge in [-0.15, -0.1) is 0 Å². The summed E-state index contributed by atoms with van der Waals surface area (Å²) in [6.07, 6.45) is 2.04.